The van der Waals surface area contributed by atoms with Crippen LogP contribution in [0.3, 0.4) is 0 Å². The lowest BCUT2D eigenvalue weighted by atomic mass is 9.83. The largest absolute Gasteiger partial charge is 0.454 e. The van der Waals surface area contributed by atoms with Crippen molar-refractivity contribution in [2.45, 2.75) is 37.7 Å². The fourth-order valence-corrected chi connectivity index (χ4v) is 4.27. The molecule has 9 nitrogen and oxygen atoms in total. The number of benzene rings is 2. The van der Waals surface area contributed by atoms with E-state index in [2.05, 4.69) is 21.2 Å². The summed E-state index contributed by atoms with van der Waals surface area (Å²) in [5, 5.41) is 25.8. The van der Waals surface area contributed by atoms with E-state index in [-0.39, 0.29) is 22.4 Å². The molecule has 4 rings (SSSR count). The smallest absolute Gasteiger partial charge is 0.408 e. The van der Waals surface area contributed by atoms with Crippen molar-refractivity contribution < 1.29 is 29.1 Å². The van der Waals surface area contributed by atoms with E-state index in [4.69, 9.17) is 9.47 Å². The molecule has 2 aromatic rings. The first-order chi connectivity index (χ1) is 13.9. The Hall–Kier alpha value is -2.98. The van der Waals surface area contributed by atoms with Gasteiger partial charge in [-0.3, -0.25) is 20.2 Å². The van der Waals surface area contributed by atoms with Gasteiger partial charge in [-0.1, -0.05) is 34.1 Å². The zero-order valence-corrected chi connectivity index (χ0v) is 17.8. The van der Waals surface area contributed by atoms with Gasteiger partial charge in [-0.2, -0.15) is 0 Å². The van der Waals surface area contributed by atoms with Gasteiger partial charge in [0, 0.05) is 21.7 Å². The summed E-state index contributed by atoms with van der Waals surface area (Å²) in [7, 11) is 0. The highest BCUT2D eigenvalue weighted by molar-refractivity contribution is 9.10. The molecule has 1 heterocycles. The molecule has 30 heavy (non-hydrogen) atoms. The van der Waals surface area contributed by atoms with E-state index in [1.807, 2.05) is 0 Å². The van der Waals surface area contributed by atoms with E-state index in [9.17, 15) is 24.8 Å². The van der Waals surface area contributed by atoms with Crippen LogP contribution in [0.2, 0.25) is 0 Å². The van der Waals surface area contributed by atoms with Crippen LogP contribution in [0.5, 0.6) is 5.75 Å². The Morgan fingerprint density at radius 1 is 1.30 bits per heavy atom. The second-order valence-corrected chi connectivity index (χ2v) is 8.97. The third-order valence-corrected chi connectivity index (χ3v) is 5.46. The van der Waals surface area contributed by atoms with Crippen molar-refractivity contribution >= 4 is 33.5 Å². The molecule has 0 bridgehead atoms. The number of nitrogens with zero attached hydrogens (tertiary/aromatic N) is 1. The number of aliphatic hydroxyl groups is 1. The molecule has 2 N–H and O–H groups in total. The topological polar surface area (TPSA) is 128 Å². The number of hydrogen-bond acceptors (Lipinski definition) is 7. The molecule has 2 aromatic carbocycles. The molecule has 1 aliphatic heterocycles. The number of fused-ring (bicyclic) bond motifs is 5. The van der Waals surface area contributed by atoms with Gasteiger partial charge in [-0.05, 0) is 32.9 Å². The lowest BCUT2D eigenvalue weighted by molar-refractivity contribution is -0.388. The van der Waals surface area contributed by atoms with Crippen LogP contribution in [-0.4, -0.2) is 27.5 Å². The van der Waals surface area contributed by atoms with Crippen LogP contribution in [0.4, 0.5) is 10.5 Å². The molecule has 0 saturated carbocycles. The molecule has 0 fully saturated rings. The number of Topliss-reactive ketones (excluding diaryl/α,β-unsaturated/α-hetero) is 1. The van der Waals surface area contributed by atoms with Gasteiger partial charge in [-0.15, -0.1) is 0 Å². The maximum Gasteiger partial charge on any atom is 0.408 e. The van der Waals surface area contributed by atoms with Crippen LogP contribution in [0.1, 0.15) is 42.3 Å². The number of nitro benzene ring substituents is 1. The minimum atomic E-state index is -2.54. The van der Waals surface area contributed by atoms with Crippen molar-refractivity contribution in [2.24, 2.45) is 0 Å². The summed E-state index contributed by atoms with van der Waals surface area (Å²) >= 11 is 3.29. The van der Waals surface area contributed by atoms with E-state index in [1.54, 1.807) is 26.8 Å². The highest BCUT2D eigenvalue weighted by atomic mass is 79.9. The van der Waals surface area contributed by atoms with Gasteiger partial charge < -0.3 is 14.6 Å². The van der Waals surface area contributed by atoms with Gasteiger partial charge in [0.1, 0.15) is 16.9 Å². The van der Waals surface area contributed by atoms with Crippen LogP contribution in [0.15, 0.2) is 40.9 Å². The summed E-state index contributed by atoms with van der Waals surface area (Å²) in [5.74, 6) is -3.18. The monoisotopic (exact) mass is 476 g/mol. The molecular formula is C20H17BrN2O7. The maximum absolute atomic E-state index is 13.6. The van der Waals surface area contributed by atoms with Gasteiger partial charge in [0.05, 0.1) is 4.92 Å². The summed E-state index contributed by atoms with van der Waals surface area (Å²) in [6, 6.07) is 8.47. The number of halogens is 1. The summed E-state index contributed by atoms with van der Waals surface area (Å²) in [5.41, 5.74) is -3.81. The Labute approximate surface area is 179 Å². The number of ether oxygens (including phenoxy) is 2. The minimum Gasteiger partial charge on any atom is -0.454 e. The Morgan fingerprint density at radius 2 is 2.00 bits per heavy atom. The minimum absolute atomic E-state index is 0.0973. The first-order valence-corrected chi connectivity index (χ1v) is 9.75. The number of nitrogens with one attached hydrogen (secondary N) is 1. The Morgan fingerprint density at radius 3 is 2.63 bits per heavy atom. The highest BCUT2D eigenvalue weighted by Crippen LogP contribution is 2.60. The molecule has 0 aromatic heterocycles. The molecular weight excluding hydrogens is 460 g/mol. The second kappa shape index (κ2) is 6.26. The fraction of sp³-hybridized carbons (Fsp3) is 0.300. The number of nitro groups is 1. The number of ketones is 1. The number of rotatable bonds is 2. The molecule has 1 aliphatic carbocycles. The lowest BCUT2D eigenvalue weighted by Gasteiger charge is -2.34. The number of hydrogen-bond donors (Lipinski definition) is 2. The first-order valence-electron chi connectivity index (χ1n) is 8.96. The van der Waals surface area contributed by atoms with E-state index in [0.29, 0.717) is 4.47 Å². The van der Waals surface area contributed by atoms with Crippen molar-refractivity contribution in [3.63, 3.8) is 0 Å². The van der Waals surface area contributed by atoms with E-state index in [1.165, 1.54) is 24.3 Å². The maximum atomic E-state index is 13.6. The van der Waals surface area contributed by atoms with Crippen molar-refractivity contribution in [2.75, 3.05) is 0 Å². The quantitative estimate of drug-likeness (QED) is 0.501. The molecule has 1 amide bonds. The fourth-order valence-electron chi connectivity index (χ4n) is 3.93. The average molecular weight is 477 g/mol. The Bertz CT molecular complexity index is 1130. The van der Waals surface area contributed by atoms with Crippen molar-refractivity contribution in [3.05, 3.63) is 67.7 Å². The summed E-state index contributed by atoms with van der Waals surface area (Å²) in [4.78, 5) is 37.2. The van der Waals surface area contributed by atoms with Crippen molar-refractivity contribution in [1.29, 1.82) is 0 Å². The lowest BCUT2D eigenvalue weighted by Crippen LogP contribution is -2.60. The normalized spacial score (nSPS) is 23.8. The number of amides is 1. The second-order valence-electron chi connectivity index (χ2n) is 8.05. The van der Waals surface area contributed by atoms with Crippen LogP contribution in [0.25, 0.3) is 0 Å². The van der Waals surface area contributed by atoms with E-state index < -0.39 is 39.4 Å². The van der Waals surface area contributed by atoms with Crippen LogP contribution in [-0.2, 0) is 16.1 Å². The Kier molecular flexibility index (Phi) is 4.23. The van der Waals surface area contributed by atoms with Crippen LogP contribution < -0.4 is 10.1 Å². The third kappa shape index (κ3) is 2.63. The van der Waals surface area contributed by atoms with E-state index in [0.717, 1.165) is 6.07 Å². The number of carbonyl (C=O) groups excluding carboxylic acids is 2. The Balaban J connectivity index is 1.98. The molecule has 2 atom stereocenters. The third-order valence-electron chi connectivity index (χ3n) is 4.97. The van der Waals surface area contributed by atoms with Crippen LogP contribution in [0, 0.1) is 10.1 Å². The molecule has 0 radical (unpaired) electrons. The molecule has 156 valence electrons. The van der Waals surface area contributed by atoms with Crippen molar-refractivity contribution in [3.8, 4) is 5.75 Å². The highest BCUT2D eigenvalue weighted by Gasteiger charge is 2.74. The molecule has 2 aliphatic rings. The number of carbonyl (C=O) groups is 2. The molecule has 10 heteroatoms. The zero-order chi connectivity index (χ0) is 22.1. The van der Waals surface area contributed by atoms with Gasteiger partial charge in [0.2, 0.25) is 11.3 Å². The SMILES string of the molecule is CC(C)(C)OC(=O)NC12C(=O)c3cccc([N+](=O)[O-])c3C1(O)Oc1cc(Br)ccc12. The van der Waals surface area contributed by atoms with Crippen LogP contribution >= 0.6 is 15.9 Å². The van der Waals surface area contributed by atoms with Gasteiger partial charge >= 0.3 is 6.09 Å². The number of alkyl carbamates (subject to hydrolysis) is 1. The summed E-state index contributed by atoms with van der Waals surface area (Å²) < 4.78 is 11.6. The van der Waals surface area contributed by atoms with E-state index >= 15 is 0 Å². The van der Waals surface area contributed by atoms with Gasteiger partial charge in [-0.25, -0.2) is 4.79 Å². The predicted octanol–water partition coefficient (Wildman–Crippen LogP) is 3.51. The predicted molar refractivity (Wildman–Crippen MR) is 107 cm³/mol. The summed E-state index contributed by atoms with van der Waals surface area (Å²) in [6.07, 6.45) is -0.982. The first kappa shape index (κ1) is 20.3. The summed E-state index contributed by atoms with van der Waals surface area (Å²) in [6.45, 7) is 4.92. The van der Waals surface area contributed by atoms with Crippen molar-refractivity contribution in [1.82, 2.24) is 5.32 Å². The molecule has 2 unspecified atom stereocenters. The molecule has 0 spiro atoms. The average Bonchev–Trinajstić information content (AvgIpc) is 2.96. The standard InChI is InChI=1S/C20H17BrN2O7/c1-18(2,3)30-17(25)22-19-12-8-7-10(21)9-14(12)29-20(19,26)15-11(16(19)24)5-4-6-13(15)23(27)28/h4-9,26H,1-3H3,(H,22,25). The van der Waals surface area contributed by atoms with Gasteiger partial charge in [0.15, 0.2) is 0 Å². The molecule has 0 saturated heterocycles. The van der Waals surface area contributed by atoms with Gasteiger partial charge in [0.25, 0.3) is 11.5 Å². The zero-order valence-electron chi connectivity index (χ0n) is 16.2.